The Bertz CT molecular complexity index is 338. The monoisotopic (exact) mass is 219 g/mol. The van der Waals surface area contributed by atoms with Crippen molar-refractivity contribution in [2.24, 2.45) is 5.41 Å². The van der Waals surface area contributed by atoms with Crippen molar-refractivity contribution in [3.05, 3.63) is 35.9 Å². The first kappa shape index (κ1) is 12.8. The summed E-state index contributed by atoms with van der Waals surface area (Å²) in [5.74, 6) is 0.115. The second-order valence-corrected chi connectivity index (χ2v) is 5.44. The standard InChI is InChI=1S/C14H21NO/c1-11(12-8-6-5-7-9-12)15-13(16)10-14(2,3)4/h5-9,11H,10H2,1-4H3,(H,15,16)/t11-/m0/s1. The fraction of sp³-hybridized carbons (Fsp3) is 0.500. The summed E-state index contributed by atoms with van der Waals surface area (Å²) in [6, 6.07) is 10.1. The van der Waals surface area contributed by atoms with Crippen LogP contribution in [-0.2, 0) is 4.79 Å². The zero-order valence-corrected chi connectivity index (χ0v) is 10.6. The lowest BCUT2D eigenvalue weighted by Crippen LogP contribution is -2.29. The van der Waals surface area contributed by atoms with E-state index in [4.69, 9.17) is 0 Å². The Labute approximate surface area is 98.1 Å². The predicted molar refractivity (Wildman–Crippen MR) is 67.1 cm³/mol. The topological polar surface area (TPSA) is 29.1 Å². The van der Waals surface area contributed by atoms with Crippen LogP contribution in [-0.4, -0.2) is 5.91 Å². The van der Waals surface area contributed by atoms with E-state index in [1.807, 2.05) is 37.3 Å². The third-order valence-corrected chi connectivity index (χ3v) is 2.37. The summed E-state index contributed by atoms with van der Waals surface area (Å²) >= 11 is 0. The molecule has 1 atom stereocenters. The molecule has 0 aromatic heterocycles. The smallest absolute Gasteiger partial charge is 0.220 e. The Morgan fingerprint density at radius 2 is 1.81 bits per heavy atom. The van der Waals surface area contributed by atoms with Crippen LogP contribution in [0.25, 0.3) is 0 Å². The van der Waals surface area contributed by atoms with Crippen LogP contribution in [0.15, 0.2) is 30.3 Å². The predicted octanol–water partition coefficient (Wildman–Crippen LogP) is 3.30. The van der Waals surface area contributed by atoms with Crippen LogP contribution in [0, 0.1) is 5.41 Å². The Kier molecular flexibility index (Phi) is 4.11. The number of amides is 1. The van der Waals surface area contributed by atoms with E-state index in [1.165, 1.54) is 0 Å². The normalized spacial score (nSPS) is 13.2. The zero-order valence-electron chi connectivity index (χ0n) is 10.6. The highest BCUT2D eigenvalue weighted by atomic mass is 16.1. The van der Waals surface area contributed by atoms with Gasteiger partial charge in [-0.25, -0.2) is 0 Å². The van der Waals surface area contributed by atoms with Crippen LogP contribution in [0.5, 0.6) is 0 Å². The molecule has 1 amide bonds. The van der Waals surface area contributed by atoms with E-state index in [9.17, 15) is 4.79 Å². The Morgan fingerprint density at radius 1 is 1.25 bits per heavy atom. The van der Waals surface area contributed by atoms with Gasteiger partial charge in [0.25, 0.3) is 0 Å². The van der Waals surface area contributed by atoms with E-state index < -0.39 is 0 Å². The lowest BCUT2D eigenvalue weighted by Gasteiger charge is -2.20. The lowest BCUT2D eigenvalue weighted by atomic mass is 9.92. The Balaban J connectivity index is 2.52. The molecule has 0 bridgehead atoms. The molecular formula is C14H21NO. The first-order valence-corrected chi connectivity index (χ1v) is 5.73. The van der Waals surface area contributed by atoms with E-state index in [-0.39, 0.29) is 17.4 Å². The quantitative estimate of drug-likeness (QED) is 0.830. The molecule has 1 aromatic carbocycles. The molecule has 88 valence electrons. The van der Waals surface area contributed by atoms with Gasteiger partial charge in [-0.2, -0.15) is 0 Å². The molecule has 1 N–H and O–H groups in total. The number of carbonyl (C=O) groups is 1. The van der Waals surface area contributed by atoms with Crippen molar-refractivity contribution in [1.29, 1.82) is 0 Å². The van der Waals surface area contributed by atoms with Crippen molar-refractivity contribution in [3.8, 4) is 0 Å². The summed E-state index contributed by atoms with van der Waals surface area (Å²) in [6.07, 6.45) is 0.560. The first-order valence-electron chi connectivity index (χ1n) is 5.73. The second kappa shape index (κ2) is 5.15. The number of rotatable bonds is 3. The molecule has 1 rings (SSSR count). The van der Waals surface area contributed by atoms with E-state index in [2.05, 4.69) is 26.1 Å². The van der Waals surface area contributed by atoms with Crippen LogP contribution in [0.2, 0.25) is 0 Å². The number of carbonyl (C=O) groups excluding carboxylic acids is 1. The van der Waals surface area contributed by atoms with Crippen molar-refractivity contribution >= 4 is 5.91 Å². The zero-order chi connectivity index (χ0) is 12.2. The van der Waals surface area contributed by atoms with E-state index in [0.717, 1.165) is 5.56 Å². The van der Waals surface area contributed by atoms with Gasteiger partial charge in [0.15, 0.2) is 0 Å². The number of benzene rings is 1. The molecule has 0 heterocycles. The molecule has 0 aliphatic carbocycles. The summed E-state index contributed by atoms with van der Waals surface area (Å²) in [5.41, 5.74) is 1.19. The minimum Gasteiger partial charge on any atom is -0.350 e. The summed E-state index contributed by atoms with van der Waals surface area (Å²) in [5, 5.41) is 3.01. The van der Waals surface area contributed by atoms with Gasteiger partial charge in [-0.1, -0.05) is 51.1 Å². The van der Waals surface area contributed by atoms with Gasteiger partial charge in [0.05, 0.1) is 6.04 Å². The summed E-state index contributed by atoms with van der Waals surface area (Å²) in [4.78, 5) is 11.7. The minimum absolute atomic E-state index is 0.0422. The first-order chi connectivity index (χ1) is 7.38. The van der Waals surface area contributed by atoms with Crippen molar-refractivity contribution < 1.29 is 4.79 Å². The fourth-order valence-corrected chi connectivity index (χ4v) is 1.60. The van der Waals surface area contributed by atoms with Crippen LogP contribution in [0.1, 0.15) is 45.7 Å². The van der Waals surface area contributed by atoms with Gasteiger partial charge < -0.3 is 5.32 Å². The molecule has 0 fully saturated rings. The molecule has 16 heavy (non-hydrogen) atoms. The number of nitrogens with one attached hydrogen (secondary N) is 1. The van der Waals surface area contributed by atoms with Crippen LogP contribution in [0.4, 0.5) is 0 Å². The number of hydrogen-bond donors (Lipinski definition) is 1. The Hall–Kier alpha value is -1.31. The largest absolute Gasteiger partial charge is 0.350 e. The maximum Gasteiger partial charge on any atom is 0.220 e. The molecule has 0 aliphatic rings. The van der Waals surface area contributed by atoms with Crippen molar-refractivity contribution in [1.82, 2.24) is 5.32 Å². The molecule has 0 saturated heterocycles. The van der Waals surface area contributed by atoms with Gasteiger partial charge in [-0.3, -0.25) is 4.79 Å². The third-order valence-electron chi connectivity index (χ3n) is 2.37. The van der Waals surface area contributed by atoms with Gasteiger partial charge >= 0.3 is 0 Å². The third kappa shape index (κ3) is 4.47. The van der Waals surface area contributed by atoms with Gasteiger partial charge in [0.2, 0.25) is 5.91 Å². The fourth-order valence-electron chi connectivity index (χ4n) is 1.60. The molecule has 0 saturated carbocycles. The van der Waals surface area contributed by atoms with Gasteiger partial charge in [-0.05, 0) is 17.9 Å². The summed E-state index contributed by atoms with van der Waals surface area (Å²) in [7, 11) is 0. The van der Waals surface area contributed by atoms with Crippen molar-refractivity contribution in [2.75, 3.05) is 0 Å². The van der Waals surface area contributed by atoms with Gasteiger partial charge in [-0.15, -0.1) is 0 Å². The number of hydrogen-bond acceptors (Lipinski definition) is 1. The Morgan fingerprint density at radius 3 is 2.31 bits per heavy atom. The van der Waals surface area contributed by atoms with E-state index in [0.29, 0.717) is 6.42 Å². The van der Waals surface area contributed by atoms with E-state index >= 15 is 0 Å². The highest BCUT2D eigenvalue weighted by molar-refractivity contribution is 5.77. The SMILES string of the molecule is C[C@H](NC(=O)CC(C)(C)C)c1ccccc1. The summed E-state index contributed by atoms with van der Waals surface area (Å²) < 4.78 is 0. The van der Waals surface area contributed by atoms with E-state index in [1.54, 1.807) is 0 Å². The molecule has 0 aliphatic heterocycles. The molecule has 0 radical (unpaired) electrons. The van der Waals surface area contributed by atoms with Crippen LogP contribution < -0.4 is 5.32 Å². The van der Waals surface area contributed by atoms with Gasteiger partial charge in [0.1, 0.15) is 0 Å². The average molecular weight is 219 g/mol. The highest BCUT2D eigenvalue weighted by Gasteiger charge is 2.17. The maximum absolute atomic E-state index is 11.7. The molecule has 2 nitrogen and oxygen atoms in total. The molecule has 2 heteroatoms. The maximum atomic E-state index is 11.7. The molecule has 0 spiro atoms. The summed E-state index contributed by atoms with van der Waals surface area (Å²) in [6.45, 7) is 8.22. The average Bonchev–Trinajstić information content (AvgIpc) is 2.16. The minimum atomic E-state index is 0.0422. The van der Waals surface area contributed by atoms with Crippen LogP contribution in [0.3, 0.4) is 0 Å². The van der Waals surface area contributed by atoms with Crippen molar-refractivity contribution in [3.63, 3.8) is 0 Å². The lowest BCUT2D eigenvalue weighted by molar-refractivity contribution is -0.123. The van der Waals surface area contributed by atoms with Crippen LogP contribution >= 0.6 is 0 Å². The molecular weight excluding hydrogens is 198 g/mol. The molecule has 0 unspecified atom stereocenters. The second-order valence-electron chi connectivity index (χ2n) is 5.44. The van der Waals surface area contributed by atoms with Crippen molar-refractivity contribution in [2.45, 2.75) is 40.2 Å². The highest BCUT2D eigenvalue weighted by Crippen LogP contribution is 2.19. The van der Waals surface area contributed by atoms with Gasteiger partial charge in [0, 0.05) is 6.42 Å². The molecule has 1 aromatic rings.